The third-order valence-electron chi connectivity index (χ3n) is 3.04. The molecule has 0 spiro atoms. The molecule has 1 heterocycles. The van der Waals surface area contributed by atoms with Crippen molar-refractivity contribution in [1.82, 2.24) is 9.97 Å². The molecule has 19 heavy (non-hydrogen) atoms. The van der Waals surface area contributed by atoms with Crippen LogP contribution < -0.4 is 10.5 Å². The number of hydrogen-bond acceptors (Lipinski definition) is 4. The third kappa shape index (κ3) is 2.49. The maximum Gasteiger partial charge on any atom is 0.167 e. The van der Waals surface area contributed by atoms with Crippen LogP contribution in [0, 0.1) is 6.92 Å². The number of benzene rings is 1. The van der Waals surface area contributed by atoms with Crippen LogP contribution in [-0.2, 0) is 6.42 Å². The van der Waals surface area contributed by atoms with Crippen LogP contribution >= 0.6 is 11.6 Å². The van der Waals surface area contributed by atoms with Crippen LogP contribution in [-0.4, -0.2) is 17.1 Å². The van der Waals surface area contributed by atoms with Crippen LogP contribution in [0.3, 0.4) is 0 Å². The van der Waals surface area contributed by atoms with Crippen LogP contribution in [0.2, 0.25) is 5.02 Å². The van der Waals surface area contributed by atoms with Gasteiger partial charge in [0.05, 0.1) is 17.7 Å². The van der Waals surface area contributed by atoms with Gasteiger partial charge in [0, 0.05) is 11.3 Å². The highest BCUT2D eigenvalue weighted by Gasteiger charge is 2.16. The van der Waals surface area contributed by atoms with Crippen molar-refractivity contribution < 1.29 is 4.74 Å². The Balaban J connectivity index is 2.69. The number of rotatable bonds is 3. The molecule has 2 rings (SSSR count). The van der Waals surface area contributed by atoms with Crippen LogP contribution in [0.4, 0.5) is 5.82 Å². The Morgan fingerprint density at radius 3 is 2.68 bits per heavy atom. The minimum Gasteiger partial charge on any atom is -0.496 e. The molecule has 0 bridgehead atoms. The standard InChI is InChI=1S/C14H16ClN3O/c1-4-10-8(2)13(16)18-14(17-10)12-9(15)6-5-7-11(12)19-3/h5-7H,4H2,1-3H3,(H2,16,17,18). The molecule has 0 atom stereocenters. The fourth-order valence-corrected chi connectivity index (χ4v) is 2.18. The van der Waals surface area contributed by atoms with E-state index in [1.165, 1.54) is 0 Å². The van der Waals surface area contributed by atoms with Gasteiger partial charge in [-0.1, -0.05) is 24.6 Å². The van der Waals surface area contributed by atoms with Gasteiger partial charge in [0.25, 0.3) is 0 Å². The highest BCUT2D eigenvalue weighted by atomic mass is 35.5. The highest BCUT2D eigenvalue weighted by Crippen LogP contribution is 2.35. The van der Waals surface area contributed by atoms with Crippen molar-refractivity contribution in [3.05, 3.63) is 34.5 Å². The van der Waals surface area contributed by atoms with Crippen LogP contribution in [0.25, 0.3) is 11.4 Å². The molecule has 0 saturated carbocycles. The number of nitrogens with zero attached hydrogens (tertiary/aromatic N) is 2. The Bertz CT molecular complexity index is 614. The molecule has 0 unspecified atom stereocenters. The van der Waals surface area contributed by atoms with Crippen molar-refractivity contribution in [2.75, 3.05) is 12.8 Å². The monoisotopic (exact) mass is 277 g/mol. The van der Waals surface area contributed by atoms with E-state index < -0.39 is 0 Å². The number of nitrogen functional groups attached to an aromatic ring is 1. The topological polar surface area (TPSA) is 61.0 Å². The summed E-state index contributed by atoms with van der Waals surface area (Å²) < 4.78 is 5.32. The largest absolute Gasteiger partial charge is 0.496 e. The van der Waals surface area contributed by atoms with Crippen molar-refractivity contribution in [2.45, 2.75) is 20.3 Å². The van der Waals surface area contributed by atoms with Crippen molar-refractivity contribution in [3.63, 3.8) is 0 Å². The fourth-order valence-electron chi connectivity index (χ4n) is 1.93. The molecule has 4 nitrogen and oxygen atoms in total. The van der Waals surface area contributed by atoms with Gasteiger partial charge < -0.3 is 10.5 Å². The minimum absolute atomic E-state index is 0.476. The first-order valence-corrected chi connectivity index (χ1v) is 6.42. The summed E-state index contributed by atoms with van der Waals surface area (Å²) in [5, 5.41) is 0.546. The lowest BCUT2D eigenvalue weighted by Crippen LogP contribution is -2.05. The van der Waals surface area contributed by atoms with Gasteiger partial charge in [0.2, 0.25) is 0 Å². The first-order valence-electron chi connectivity index (χ1n) is 6.04. The number of aromatic nitrogens is 2. The summed E-state index contributed by atoms with van der Waals surface area (Å²) in [6.45, 7) is 3.95. The second-order valence-electron chi connectivity index (χ2n) is 4.17. The first-order chi connectivity index (χ1) is 9.08. The van der Waals surface area contributed by atoms with E-state index in [0.29, 0.717) is 28.0 Å². The number of halogens is 1. The molecule has 1 aromatic heterocycles. The number of anilines is 1. The Morgan fingerprint density at radius 1 is 1.32 bits per heavy atom. The zero-order valence-electron chi connectivity index (χ0n) is 11.2. The lowest BCUT2D eigenvalue weighted by atomic mass is 10.1. The molecule has 0 amide bonds. The third-order valence-corrected chi connectivity index (χ3v) is 3.35. The Morgan fingerprint density at radius 2 is 2.05 bits per heavy atom. The summed E-state index contributed by atoms with van der Waals surface area (Å²) in [6, 6.07) is 5.43. The van der Waals surface area contributed by atoms with Gasteiger partial charge in [-0.3, -0.25) is 0 Å². The summed E-state index contributed by atoms with van der Waals surface area (Å²) in [6.07, 6.45) is 0.790. The molecular formula is C14H16ClN3O. The van der Waals surface area contributed by atoms with Gasteiger partial charge in [-0.2, -0.15) is 0 Å². The van der Waals surface area contributed by atoms with Crippen molar-refractivity contribution in [2.24, 2.45) is 0 Å². The average Bonchev–Trinajstić information content (AvgIpc) is 2.41. The van der Waals surface area contributed by atoms with E-state index >= 15 is 0 Å². The highest BCUT2D eigenvalue weighted by molar-refractivity contribution is 6.33. The summed E-state index contributed by atoms with van der Waals surface area (Å²) in [5.41, 5.74) is 8.45. The van der Waals surface area contributed by atoms with Crippen molar-refractivity contribution >= 4 is 17.4 Å². The van der Waals surface area contributed by atoms with Gasteiger partial charge >= 0.3 is 0 Å². The maximum absolute atomic E-state index is 6.23. The van der Waals surface area contributed by atoms with E-state index in [2.05, 4.69) is 9.97 Å². The zero-order valence-corrected chi connectivity index (χ0v) is 12.0. The van der Waals surface area contributed by atoms with Gasteiger partial charge in [0.15, 0.2) is 5.82 Å². The summed E-state index contributed by atoms with van der Waals surface area (Å²) in [5.74, 6) is 1.61. The van der Waals surface area contributed by atoms with Crippen LogP contribution in [0.5, 0.6) is 5.75 Å². The number of hydrogen-bond donors (Lipinski definition) is 1. The zero-order chi connectivity index (χ0) is 14.0. The SMILES string of the molecule is CCc1nc(-c2c(Cl)cccc2OC)nc(N)c1C. The molecule has 1 aromatic carbocycles. The number of aryl methyl sites for hydroxylation is 1. The molecular weight excluding hydrogens is 262 g/mol. The fraction of sp³-hybridized carbons (Fsp3) is 0.286. The lowest BCUT2D eigenvalue weighted by Gasteiger charge is -2.12. The summed E-state index contributed by atoms with van der Waals surface area (Å²) >= 11 is 6.23. The predicted octanol–water partition coefficient (Wildman–Crippen LogP) is 3.26. The quantitative estimate of drug-likeness (QED) is 0.935. The second-order valence-corrected chi connectivity index (χ2v) is 4.58. The molecule has 5 heteroatoms. The molecule has 0 fully saturated rings. The minimum atomic E-state index is 0.476. The maximum atomic E-state index is 6.23. The van der Waals surface area contributed by atoms with Crippen molar-refractivity contribution in [3.8, 4) is 17.1 Å². The second kappa shape index (κ2) is 5.45. The first kappa shape index (κ1) is 13.6. The van der Waals surface area contributed by atoms with E-state index in [9.17, 15) is 0 Å². The molecule has 0 aliphatic carbocycles. The summed E-state index contributed by atoms with van der Waals surface area (Å²) in [7, 11) is 1.59. The molecule has 2 aromatic rings. The smallest absolute Gasteiger partial charge is 0.167 e. The number of methoxy groups -OCH3 is 1. The lowest BCUT2D eigenvalue weighted by molar-refractivity contribution is 0.416. The normalized spacial score (nSPS) is 10.5. The van der Waals surface area contributed by atoms with Gasteiger partial charge in [-0.05, 0) is 25.5 Å². The molecule has 0 saturated heterocycles. The van der Waals surface area contributed by atoms with E-state index in [1.807, 2.05) is 26.0 Å². The van der Waals surface area contributed by atoms with E-state index in [1.54, 1.807) is 13.2 Å². The molecule has 0 aliphatic rings. The Kier molecular flexibility index (Phi) is 3.90. The van der Waals surface area contributed by atoms with E-state index in [4.69, 9.17) is 22.1 Å². The van der Waals surface area contributed by atoms with Gasteiger partial charge in [-0.25, -0.2) is 9.97 Å². The summed E-state index contributed by atoms with van der Waals surface area (Å²) in [4.78, 5) is 8.86. The van der Waals surface area contributed by atoms with Gasteiger partial charge in [0.1, 0.15) is 11.6 Å². The van der Waals surface area contributed by atoms with E-state index in [-0.39, 0.29) is 0 Å². The Hall–Kier alpha value is -1.81. The number of ether oxygens (including phenoxy) is 1. The molecule has 100 valence electrons. The molecule has 0 aliphatic heterocycles. The Labute approximate surface area is 117 Å². The predicted molar refractivity (Wildman–Crippen MR) is 77.6 cm³/mol. The average molecular weight is 278 g/mol. The molecule has 2 N–H and O–H groups in total. The van der Waals surface area contributed by atoms with Crippen LogP contribution in [0.1, 0.15) is 18.2 Å². The molecule has 0 radical (unpaired) electrons. The van der Waals surface area contributed by atoms with E-state index in [0.717, 1.165) is 17.7 Å². The van der Waals surface area contributed by atoms with Gasteiger partial charge in [-0.15, -0.1) is 0 Å². The van der Waals surface area contributed by atoms with Crippen LogP contribution in [0.15, 0.2) is 18.2 Å². The van der Waals surface area contributed by atoms with Crippen molar-refractivity contribution in [1.29, 1.82) is 0 Å². The number of nitrogens with two attached hydrogens (primary N) is 1.